The summed E-state index contributed by atoms with van der Waals surface area (Å²) in [5.74, 6) is 2.02. The predicted molar refractivity (Wildman–Crippen MR) is 114 cm³/mol. The molecule has 30 heavy (non-hydrogen) atoms. The first-order valence-electron chi connectivity index (χ1n) is 9.80. The summed E-state index contributed by atoms with van der Waals surface area (Å²) in [5, 5.41) is 4.25. The van der Waals surface area contributed by atoms with Crippen LogP contribution in [0.5, 0.6) is 17.2 Å². The van der Waals surface area contributed by atoms with E-state index in [1.807, 2.05) is 54.1 Å². The molecule has 0 amide bonds. The van der Waals surface area contributed by atoms with Crippen molar-refractivity contribution < 1.29 is 19.0 Å². The normalized spacial score (nSPS) is 14.1. The summed E-state index contributed by atoms with van der Waals surface area (Å²) in [4.78, 5) is 12.8. The minimum Gasteiger partial charge on any atom is -0.493 e. The monoisotopic (exact) mass is 404 g/mol. The molecule has 2 aromatic carbocycles. The van der Waals surface area contributed by atoms with Gasteiger partial charge in [0.2, 0.25) is 0 Å². The third-order valence-corrected chi connectivity index (χ3v) is 5.25. The molecule has 0 atom stereocenters. The van der Waals surface area contributed by atoms with Crippen molar-refractivity contribution in [2.45, 2.75) is 19.9 Å². The first kappa shape index (κ1) is 19.8. The Morgan fingerprint density at radius 3 is 2.47 bits per heavy atom. The molecular formula is C24H24N2O4. The van der Waals surface area contributed by atoms with Gasteiger partial charge >= 0.3 is 0 Å². The van der Waals surface area contributed by atoms with Crippen LogP contribution in [0, 0.1) is 6.92 Å². The van der Waals surface area contributed by atoms with Crippen molar-refractivity contribution in [2.24, 2.45) is 0 Å². The van der Waals surface area contributed by atoms with Crippen LogP contribution in [-0.2, 0) is 13.0 Å². The number of aryl methyl sites for hydroxylation is 1. The number of hydrogen-bond donors (Lipinski definition) is 0. The summed E-state index contributed by atoms with van der Waals surface area (Å²) >= 11 is 0. The van der Waals surface area contributed by atoms with Gasteiger partial charge in [0.1, 0.15) is 12.4 Å². The highest BCUT2D eigenvalue weighted by molar-refractivity contribution is 6.15. The summed E-state index contributed by atoms with van der Waals surface area (Å²) in [5.41, 5.74) is 4.45. The minimum absolute atomic E-state index is 0.0286. The Kier molecular flexibility index (Phi) is 5.57. The van der Waals surface area contributed by atoms with Gasteiger partial charge in [0.15, 0.2) is 17.3 Å². The molecule has 1 aliphatic rings. The third-order valence-electron chi connectivity index (χ3n) is 5.25. The van der Waals surface area contributed by atoms with Crippen molar-refractivity contribution in [3.63, 3.8) is 0 Å². The van der Waals surface area contributed by atoms with Gasteiger partial charge in [0.05, 0.1) is 20.8 Å². The number of nitrogens with zero attached hydrogens (tertiary/aromatic N) is 2. The van der Waals surface area contributed by atoms with Gasteiger partial charge in [0, 0.05) is 29.4 Å². The molecule has 1 aliphatic carbocycles. The van der Waals surface area contributed by atoms with Gasteiger partial charge in [-0.25, -0.2) is 0 Å². The molecule has 0 bridgehead atoms. The number of aromatic nitrogens is 2. The minimum atomic E-state index is 0.0286. The van der Waals surface area contributed by atoms with E-state index in [1.165, 1.54) is 0 Å². The number of rotatable bonds is 7. The van der Waals surface area contributed by atoms with Crippen molar-refractivity contribution in [3.05, 3.63) is 76.6 Å². The summed E-state index contributed by atoms with van der Waals surface area (Å²) < 4.78 is 18.4. The maximum Gasteiger partial charge on any atom is 0.189 e. The number of benzene rings is 2. The molecule has 1 heterocycles. The predicted octanol–water partition coefficient (Wildman–Crippen LogP) is 4.11. The number of methoxy groups -OCH3 is 2. The molecule has 1 aromatic heterocycles. The molecule has 0 saturated heterocycles. The second-order valence-electron chi connectivity index (χ2n) is 7.15. The molecule has 4 rings (SSSR count). The van der Waals surface area contributed by atoms with Crippen LogP contribution in [0.3, 0.4) is 0 Å². The maximum absolute atomic E-state index is 12.8. The first-order chi connectivity index (χ1) is 14.6. The van der Waals surface area contributed by atoms with Crippen LogP contribution in [0.4, 0.5) is 0 Å². The highest BCUT2D eigenvalue weighted by atomic mass is 16.5. The van der Waals surface area contributed by atoms with Gasteiger partial charge in [-0.3, -0.25) is 9.48 Å². The van der Waals surface area contributed by atoms with E-state index in [0.29, 0.717) is 36.6 Å². The molecule has 0 aliphatic heterocycles. The van der Waals surface area contributed by atoms with Crippen LogP contribution in [0.1, 0.15) is 27.2 Å². The quantitative estimate of drug-likeness (QED) is 0.555. The van der Waals surface area contributed by atoms with Crippen LogP contribution in [-0.4, -0.2) is 36.4 Å². The fourth-order valence-corrected chi connectivity index (χ4v) is 3.60. The number of allylic oxidation sites excluding steroid dienone is 1. The lowest BCUT2D eigenvalue weighted by atomic mass is 10.1. The Balaban J connectivity index is 1.43. The Labute approximate surface area is 175 Å². The topological polar surface area (TPSA) is 62.6 Å². The van der Waals surface area contributed by atoms with Crippen molar-refractivity contribution in [3.8, 4) is 17.2 Å². The molecule has 0 unspecified atom stereocenters. The molecule has 0 radical (unpaired) electrons. The van der Waals surface area contributed by atoms with E-state index in [1.54, 1.807) is 26.5 Å². The van der Waals surface area contributed by atoms with Crippen molar-refractivity contribution >= 4 is 11.9 Å². The number of ketones is 1. The number of ether oxygens (including phenoxy) is 3. The Morgan fingerprint density at radius 1 is 1.07 bits per heavy atom. The Hall–Kier alpha value is -3.54. The number of Topliss-reactive ketones (excluding diaryl/α,β-unsaturated/α-hetero) is 1. The van der Waals surface area contributed by atoms with E-state index >= 15 is 0 Å². The maximum atomic E-state index is 12.8. The van der Waals surface area contributed by atoms with Gasteiger partial charge < -0.3 is 14.2 Å². The standard InChI is InChI=1S/C24H24N2O4/c1-16-8-9-25-26(16)10-11-30-20-6-4-17(5-7-20)12-19-13-18-14-22(28-2)23(29-3)15-21(18)24(19)27/h4-9,12,14-15H,10-11,13H2,1-3H3/b19-12+. The molecule has 0 N–H and O–H groups in total. The number of hydrogen-bond acceptors (Lipinski definition) is 5. The number of carbonyl (C=O) groups is 1. The lowest BCUT2D eigenvalue weighted by Gasteiger charge is -2.08. The average molecular weight is 404 g/mol. The van der Waals surface area contributed by atoms with Crippen LogP contribution in [0.25, 0.3) is 6.08 Å². The summed E-state index contributed by atoms with van der Waals surface area (Å²) in [6, 6.07) is 13.4. The highest BCUT2D eigenvalue weighted by Crippen LogP contribution is 2.37. The highest BCUT2D eigenvalue weighted by Gasteiger charge is 2.27. The van der Waals surface area contributed by atoms with E-state index in [-0.39, 0.29) is 5.78 Å². The van der Waals surface area contributed by atoms with E-state index in [9.17, 15) is 4.79 Å². The van der Waals surface area contributed by atoms with Gasteiger partial charge in [-0.1, -0.05) is 12.1 Å². The molecule has 0 fully saturated rings. The second kappa shape index (κ2) is 8.45. The SMILES string of the molecule is COc1cc2c(cc1OC)C(=O)/C(=C/c1ccc(OCCn3nccc3C)cc1)C2. The van der Waals surface area contributed by atoms with E-state index in [2.05, 4.69) is 5.10 Å². The fourth-order valence-electron chi connectivity index (χ4n) is 3.60. The second-order valence-corrected chi connectivity index (χ2v) is 7.15. The Bertz CT molecular complexity index is 1100. The number of carbonyl (C=O) groups excluding carboxylic acids is 1. The van der Waals surface area contributed by atoms with Crippen molar-refractivity contribution in [2.75, 3.05) is 20.8 Å². The van der Waals surface area contributed by atoms with Gasteiger partial charge in [0.25, 0.3) is 0 Å². The Morgan fingerprint density at radius 2 is 1.80 bits per heavy atom. The van der Waals surface area contributed by atoms with Crippen molar-refractivity contribution in [1.82, 2.24) is 9.78 Å². The lowest BCUT2D eigenvalue weighted by Crippen LogP contribution is -2.10. The van der Waals surface area contributed by atoms with Crippen LogP contribution < -0.4 is 14.2 Å². The molecule has 154 valence electrons. The van der Waals surface area contributed by atoms with Crippen molar-refractivity contribution in [1.29, 1.82) is 0 Å². The largest absolute Gasteiger partial charge is 0.493 e. The van der Waals surface area contributed by atoms with E-state index < -0.39 is 0 Å². The lowest BCUT2D eigenvalue weighted by molar-refractivity contribution is 0.104. The zero-order chi connectivity index (χ0) is 21.1. The van der Waals surface area contributed by atoms with Gasteiger partial charge in [-0.05, 0) is 54.5 Å². The van der Waals surface area contributed by atoms with E-state index in [4.69, 9.17) is 14.2 Å². The van der Waals surface area contributed by atoms with Crippen LogP contribution in [0.15, 0.2) is 54.2 Å². The summed E-state index contributed by atoms with van der Waals surface area (Å²) in [6.07, 6.45) is 4.29. The molecule has 0 spiro atoms. The van der Waals surface area contributed by atoms with Gasteiger partial charge in [-0.2, -0.15) is 5.10 Å². The fraction of sp³-hybridized carbons (Fsp3) is 0.250. The van der Waals surface area contributed by atoms with Gasteiger partial charge in [-0.15, -0.1) is 0 Å². The zero-order valence-corrected chi connectivity index (χ0v) is 17.3. The zero-order valence-electron chi connectivity index (χ0n) is 17.3. The third kappa shape index (κ3) is 3.94. The summed E-state index contributed by atoms with van der Waals surface area (Å²) in [7, 11) is 3.16. The van der Waals surface area contributed by atoms with Crippen LogP contribution in [0.2, 0.25) is 0 Å². The van der Waals surface area contributed by atoms with Crippen LogP contribution >= 0.6 is 0 Å². The number of fused-ring (bicyclic) bond motifs is 1. The van der Waals surface area contributed by atoms with E-state index in [0.717, 1.165) is 28.1 Å². The molecule has 6 nitrogen and oxygen atoms in total. The molecule has 0 saturated carbocycles. The molecule has 6 heteroatoms. The first-order valence-corrected chi connectivity index (χ1v) is 9.80. The molecule has 3 aromatic rings. The average Bonchev–Trinajstić information content (AvgIpc) is 3.31. The summed E-state index contributed by atoms with van der Waals surface area (Å²) in [6.45, 7) is 3.26. The smallest absolute Gasteiger partial charge is 0.189 e. The molecular weight excluding hydrogens is 380 g/mol.